The zero-order valence-electron chi connectivity index (χ0n) is 12.1. The maximum Gasteiger partial charge on any atom is 0.338 e. The van der Waals surface area contributed by atoms with E-state index in [1.165, 1.54) is 6.07 Å². The Hall–Kier alpha value is -2.48. The standard InChI is InChI=1S/C14H15N3O4S/c1-3-21-13(18)11-8(2)15-14(22)16-12(11)9-6-4-5-7-10(9)17(19)20/h4-8H,3H2,1-2H3,(H2,15,16,22)/t8-/m1/s1. The molecule has 0 saturated heterocycles. The number of ether oxygens (including phenoxy) is 1. The molecule has 1 aromatic rings. The van der Waals surface area contributed by atoms with Crippen molar-refractivity contribution < 1.29 is 14.5 Å². The number of nitro benzene ring substituents is 1. The van der Waals surface area contributed by atoms with E-state index >= 15 is 0 Å². The van der Waals surface area contributed by atoms with Crippen LogP contribution in [0.25, 0.3) is 5.70 Å². The largest absolute Gasteiger partial charge is 0.463 e. The molecular formula is C14H15N3O4S. The van der Waals surface area contributed by atoms with Gasteiger partial charge in [0.15, 0.2) is 5.11 Å². The third kappa shape index (κ3) is 3.06. The molecule has 0 unspecified atom stereocenters. The minimum atomic E-state index is -0.536. The van der Waals surface area contributed by atoms with Crippen LogP contribution in [0, 0.1) is 10.1 Å². The highest BCUT2D eigenvalue weighted by atomic mass is 32.1. The molecule has 0 saturated carbocycles. The van der Waals surface area contributed by atoms with Gasteiger partial charge in [0, 0.05) is 6.07 Å². The van der Waals surface area contributed by atoms with E-state index in [1.54, 1.807) is 32.0 Å². The second-order valence-electron chi connectivity index (χ2n) is 4.60. The van der Waals surface area contributed by atoms with Crippen LogP contribution in [-0.4, -0.2) is 28.7 Å². The topological polar surface area (TPSA) is 93.5 Å². The fourth-order valence-electron chi connectivity index (χ4n) is 2.25. The SMILES string of the molecule is CCOC(=O)C1=C(c2ccccc2[N+](=O)[O-])NC(=S)N[C@@H]1C. The zero-order chi connectivity index (χ0) is 16.3. The maximum atomic E-state index is 12.2. The molecule has 0 fully saturated rings. The molecule has 2 N–H and O–H groups in total. The highest BCUT2D eigenvalue weighted by molar-refractivity contribution is 7.80. The first-order valence-electron chi connectivity index (χ1n) is 6.68. The molecule has 0 bridgehead atoms. The predicted octanol–water partition coefficient (Wildman–Crippen LogP) is 1.74. The normalized spacial score (nSPS) is 17.5. The van der Waals surface area contributed by atoms with Crippen LogP contribution >= 0.6 is 12.2 Å². The van der Waals surface area contributed by atoms with Crippen LogP contribution in [0.3, 0.4) is 0 Å². The minimum absolute atomic E-state index is 0.108. The summed E-state index contributed by atoms with van der Waals surface area (Å²) in [4.78, 5) is 22.9. The Bertz CT molecular complexity index is 672. The van der Waals surface area contributed by atoms with Crippen molar-refractivity contribution in [1.29, 1.82) is 0 Å². The number of nitro groups is 1. The summed E-state index contributed by atoms with van der Waals surface area (Å²) >= 11 is 5.09. The number of nitrogens with one attached hydrogen (secondary N) is 2. The molecule has 7 nitrogen and oxygen atoms in total. The van der Waals surface area contributed by atoms with Gasteiger partial charge in [0.2, 0.25) is 0 Å². The van der Waals surface area contributed by atoms with Crippen molar-refractivity contribution in [2.45, 2.75) is 19.9 Å². The Balaban J connectivity index is 2.65. The third-order valence-electron chi connectivity index (χ3n) is 3.15. The molecular weight excluding hydrogens is 306 g/mol. The van der Waals surface area contributed by atoms with Crippen molar-refractivity contribution in [2.75, 3.05) is 6.61 Å². The lowest BCUT2D eigenvalue weighted by Crippen LogP contribution is -2.48. The van der Waals surface area contributed by atoms with Crippen LogP contribution in [0.4, 0.5) is 5.69 Å². The number of carbonyl (C=O) groups is 1. The number of rotatable bonds is 4. The number of thiocarbonyl (C=S) groups is 1. The van der Waals surface area contributed by atoms with Crippen molar-refractivity contribution in [1.82, 2.24) is 10.6 Å². The van der Waals surface area contributed by atoms with Gasteiger partial charge in [-0.15, -0.1) is 0 Å². The van der Waals surface area contributed by atoms with E-state index in [4.69, 9.17) is 17.0 Å². The number of hydrogen-bond acceptors (Lipinski definition) is 5. The molecule has 0 aromatic heterocycles. The summed E-state index contributed by atoms with van der Waals surface area (Å²) in [5.41, 5.74) is 0.779. The van der Waals surface area contributed by atoms with Crippen LogP contribution in [-0.2, 0) is 9.53 Å². The first-order valence-corrected chi connectivity index (χ1v) is 7.09. The number of carbonyl (C=O) groups excluding carboxylic acids is 1. The molecule has 0 spiro atoms. The van der Waals surface area contributed by atoms with E-state index in [2.05, 4.69) is 10.6 Å². The van der Waals surface area contributed by atoms with Gasteiger partial charge >= 0.3 is 5.97 Å². The molecule has 1 heterocycles. The molecule has 0 amide bonds. The molecule has 8 heteroatoms. The van der Waals surface area contributed by atoms with Gasteiger partial charge in [0.1, 0.15) is 0 Å². The molecule has 1 atom stereocenters. The summed E-state index contributed by atoms with van der Waals surface area (Å²) in [5.74, 6) is -0.536. The van der Waals surface area contributed by atoms with Gasteiger partial charge in [-0.1, -0.05) is 12.1 Å². The molecule has 0 radical (unpaired) electrons. The minimum Gasteiger partial charge on any atom is -0.463 e. The number of benzene rings is 1. The Morgan fingerprint density at radius 1 is 1.45 bits per heavy atom. The second kappa shape index (κ2) is 6.52. The van der Waals surface area contributed by atoms with Crippen molar-refractivity contribution in [3.8, 4) is 0 Å². The Morgan fingerprint density at radius 3 is 2.77 bits per heavy atom. The van der Waals surface area contributed by atoms with Crippen molar-refractivity contribution in [3.05, 3.63) is 45.5 Å². The molecule has 1 aliphatic heterocycles. The summed E-state index contributed by atoms with van der Waals surface area (Å²) in [7, 11) is 0. The molecule has 1 aliphatic rings. The summed E-state index contributed by atoms with van der Waals surface area (Å²) < 4.78 is 5.05. The number of esters is 1. The van der Waals surface area contributed by atoms with Gasteiger partial charge in [-0.3, -0.25) is 10.1 Å². The van der Waals surface area contributed by atoms with E-state index < -0.39 is 16.9 Å². The third-order valence-corrected chi connectivity index (χ3v) is 3.37. The van der Waals surface area contributed by atoms with E-state index in [-0.39, 0.29) is 17.9 Å². The van der Waals surface area contributed by atoms with Gasteiger partial charge in [0.05, 0.1) is 34.4 Å². The molecule has 116 valence electrons. The Labute approximate surface area is 132 Å². The van der Waals surface area contributed by atoms with E-state index in [9.17, 15) is 14.9 Å². The number of nitrogens with zero attached hydrogens (tertiary/aromatic N) is 1. The Kier molecular flexibility index (Phi) is 4.71. The summed E-state index contributed by atoms with van der Waals surface area (Å²) in [5, 5.41) is 17.3. The monoisotopic (exact) mass is 321 g/mol. The van der Waals surface area contributed by atoms with Gasteiger partial charge in [-0.25, -0.2) is 4.79 Å². The van der Waals surface area contributed by atoms with Gasteiger partial charge in [-0.05, 0) is 32.1 Å². The van der Waals surface area contributed by atoms with Crippen molar-refractivity contribution >= 4 is 34.7 Å². The van der Waals surface area contributed by atoms with Crippen LogP contribution in [0.2, 0.25) is 0 Å². The van der Waals surface area contributed by atoms with E-state index in [1.807, 2.05) is 0 Å². The van der Waals surface area contributed by atoms with Crippen molar-refractivity contribution in [3.63, 3.8) is 0 Å². The van der Waals surface area contributed by atoms with Crippen LogP contribution in [0.1, 0.15) is 19.4 Å². The van der Waals surface area contributed by atoms with Crippen LogP contribution in [0.5, 0.6) is 0 Å². The lowest BCUT2D eigenvalue weighted by atomic mass is 9.98. The van der Waals surface area contributed by atoms with Crippen molar-refractivity contribution in [2.24, 2.45) is 0 Å². The highest BCUT2D eigenvalue weighted by Gasteiger charge is 2.31. The fraction of sp³-hybridized carbons (Fsp3) is 0.286. The average Bonchev–Trinajstić information content (AvgIpc) is 2.46. The highest BCUT2D eigenvalue weighted by Crippen LogP contribution is 2.29. The molecule has 2 rings (SSSR count). The van der Waals surface area contributed by atoms with Gasteiger partial charge < -0.3 is 15.4 Å². The Morgan fingerprint density at radius 2 is 2.14 bits per heavy atom. The molecule has 22 heavy (non-hydrogen) atoms. The van der Waals surface area contributed by atoms with Gasteiger partial charge in [-0.2, -0.15) is 0 Å². The summed E-state index contributed by atoms with van der Waals surface area (Å²) in [6, 6.07) is 5.76. The first kappa shape index (κ1) is 15.9. The van der Waals surface area contributed by atoms with E-state index in [0.29, 0.717) is 16.4 Å². The zero-order valence-corrected chi connectivity index (χ0v) is 12.9. The molecule has 0 aliphatic carbocycles. The number of para-hydroxylation sites is 1. The van der Waals surface area contributed by atoms with E-state index in [0.717, 1.165) is 0 Å². The molecule has 1 aromatic carbocycles. The lowest BCUT2D eigenvalue weighted by Gasteiger charge is -2.28. The predicted molar refractivity (Wildman–Crippen MR) is 85.0 cm³/mol. The summed E-state index contributed by atoms with van der Waals surface area (Å²) in [6.07, 6.45) is 0. The average molecular weight is 321 g/mol. The van der Waals surface area contributed by atoms with Crippen LogP contribution in [0.15, 0.2) is 29.8 Å². The maximum absolute atomic E-state index is 12.2. The summed E-state index contributed by atoms with van der Waals surface area (Å²) in [6.45, 7) is 3.65. The first-order chi connectivity index (χ1) is 10.5. The fourth-order valence-corrected chi connectivity index (χ4v) is 2.53. The number of hydrogen-bond donors (Lipinski definition) is 2. The quantitative estimate of drug-likeness (QED) is 0.377. The lowest BCUT2D eigenvalue weighted by molar-refractivity contribution is -0.385. The van der Waals surface area contributed by atoms with Crippen LogP contribution < -0.4 is 10.6 Å². The smallest absolute Gasteiger partial charge is 0.338 e. The van der Waals surface area contributed by atoms with Gasteiger partial charge in [0.25, 0.3) is 5.69 Å². The second-order valence-corrected chi connectivity index (χ2v) is 5.01.